The number of nitrogens with zero attached hydrogens (tertiary/aromatic N) is 2. The van der Waals surface area contributed by atoms with Crippen LogP contribution in [0, 0.1) is 5.92 Å². The minimum absolute atomic E-state index is 0.880. The molecule has 4 rings (SSSR count). The highest BCUT2D eigenvalue weighted by Gasteiger charge is 2.15. The summed E-state index contributed by atoms with van der Waals surface area (Å²) in [4.78, 5) is 8.45. The van der Waals surface area contributed by atoms with E-state index in [1.54, 1.807) is 6.20 Å². The van der Waals surface area contributed by atoms with Gasteiger partial charge in [0, 0.05) is 36.6 Å². The molecular formula is C20H21N3. The third kappa shape index (κ3) is 3.95. The second kappa shape index (κ2) is 7.05. The number of nitrogens with one attached hydrogen (secondary N) is 1. The molecule has 0 radical (unpaired) electrons. The quantitative estimate of drug-likeness (QED) is 0.698. The molecule has 116 valence electrons. The van der Waals surface area contributed by atoms with E-state index in [0.29, 0.717) is 0 Å². The maximum Gasteiger partial charge on any atom is 0.126 e. The number of anilines is 1. The maximum atomic E-state index is 4.30. The molecule has 1 N–H and O–H groups in total. The first-order valence-corrected chi connectivity index (χ1v) is 7.90. The Morgan fingerprint density at radius 1 is 1.09 bits per heavy atom. The molecule has 1 saturated carbocycles. The first-order valence-electron chi connectivity index (χ1n) is 7.90. The molecule has 0 atom stereocenters. The Labute approximate surface area is 137 Å². The zero-order valence-electron chi connectivity index (χ0n) is 13.4. The average molecular weight is 303 g/mol. The summed E-state index contributed by atoms with van der Waals surface area (Å²) in [7, 11) is 1.87. The second-order valence-electron chi connectivity index (χ2n) is 5.70. The van der Waals surface area contributed by atoms with E-state index in [0.717, 1.165) is 22.7 Å². The molecule has 1 aromatic carbocycles. The Bertz CT molecular complexity index is 792. The molecule has 0 bridgehead atoms. The highest BCUT2D eigenvalue weighted by molar-refractivity contribution is 5.88. The lowest BCUT2D eigenvalue weighted by atomic mass is 10.0. The van der Waals surface area contributed by atoms with Crippen molar-refractivity contribution in [2.24, 2.45) is 5.92 Å². The first-order chi connectivity index (χ1) is 11.3. The first kappa shape index (κ1) is 15.2. The van der Waals surface area contributed by atoms with Gasteiger partial charge in [-0.3, -0.25) is 4.98 Å². The van der Waals surface area contributed by atoms with E-state index in [4.69, 9.17) is 0 Å². The van der Waals surface area contributed by atoms with Gasteiger partial charge in [0.05, 0.1) is 0 Å². The summed E-state index contributed by atoms with van der Waals surface area (Å²) < 4.78 is 0. The third-order valence-electron chi connectivity index (χ3n) is 3.93. The zero-order valence-corrected chi connectivity index (χ0v) is 13.4. The summed E-state index contributed by atoms with van der Waals surface area (Å²) in [5.74, 6) is 1.78. The molecule has 1 aliphatic rings. The number of fused-ring (bicyclic) bond motifs is 1. The van der Waals surface area contributed by atoms with E-state index < -0.39 is 0 Å². The summed E-state index contributed by atoms with van der Waals surface area (Å²) >= 11 is 0. The van der Waals surface area contributed by atoms with Crippen LogP contribution in [0.2, 0.25) is 0 Å². The van der Waals surface area contributed by atoms with Crippen LogP contribution < -0.4 is 5.32 Å². The number of allylic oxidation sites excluding steroid dienone is 1. The number of pyridine rings is 2. The summed E-state index contributed by atoms with van der Waals surface area (Å²) in [5.41, 5.74) is 2.30. The Morgan fingerprint density at radius 2 is 1.96 bits per heavy atom. The number of aromatic nitrogens is 2. The van der Waals surface area contributed by atoms with Gasteiger partial charge in [-0.2, -0.15) is 0 Å². The maximum absolute atomic E-state index is 4.30. The Balaban J connectivity index is 0.000000267. The van der Waals surface area contributed by atoms with E-state index in [1.807, 2.05) is 31.6 Å². The molecule has 23 heavy (non-hydrogen) atoms. The molecule has 2 aromatic heterocycles. The van der Waals surface area contributed by atoms with Gasteiger partial charge in [-0.15, -0.1) is 6.58 Å². The fourth-order valence-electron chi connectivity index (χ4n) is 2.32. The van der Waals surface area contributed by atoms with E-state index >= 15 is 0 Å². The van der Waals surface area contributed by atoms with Gasteiger partial charge in [-0.25, -0.2) is 4.98 Å². The fraction of sp³-hybridized carbons (Fsp3) is 0.200. The van der Waals surface area contributed by atoms with Crippen molar-refractivity contribution in [3.05, 3.63) is 67.6 Å². The van der Waals surface area contributed by atoms with E-state index in [-0.39, 0.29) is 0 Å². The minimum atomic E-state index is 0.880. The Hall–Kier alpha value is -2.68. The molecular weight excluding hydrogens is 282 g/mol. The molecule has 3 nitrogen and oxygen atoms in total. The van der Waals surface area contributed by atoms with Crippen LogP contribution in [-0.4, -0.2) is 17.0 Å². The summed E-state index contributed by atoms with van der Waals surface area (Å²) in [6.07, 6.45) is 10.4. The molecule has 0 aliphatic heterocycles. The fourth-order valence-corrected chi connectivity index (χ4v) is 2.32. The lowest BCUT2D eigenvalue weighted by molar-refractivity contribution is 1.13. The van der Waals surface area contributed by atoms with Gasteiger partial charge in [0.2, 0.25) is 0 Å². The Morgan fingerprint density at radius 3 is 2.57 bits per heavy atom. The predicted octanol–water partition coefficient (Wildman–Crippen LogP) is 4.92. The van der Waals surface area contributed by atoms with Crippen LogP contribution in [-0.2, 0) is 0 Å². The minimum Gasteiger partial charge on any atom is -0.373 e. The highest BCUT2D eigenvalue weighted by atomic mass is 14.9. The normalized spacial score (nSPS) is 13.1. The average Bonchev–Trinajstić information content (AvgIpc) is 3.46. The van der Waals surface area contributed by atoms with Crippen molar-refractivity contribution in [2.45, 2.75) is 12.8 Å². The van der Waals surface area contributed by atoms with Crippen molar-refractivity contribution in [1.29, 1.82) is 0 Å². The topological polar surface area (TPSA) is 37.8 Å². The van der Waals surface area contributed by atoms with Gasteiger partial charge < -0.3 is 5.32 Å². The number of hydrogen-bond donors (Lipinski definition) is 1. The number of hydrogen-bond acceptors (Lipinski definition) is 3. The summed E-state index contributed by atoms with van der Waals surface area (Å²) in [5, 5.41) is 5.37. The molecule has 1 fully saturated rings. The lowest BCUT2D eigenvalue weighted by Crippen LogP contribution is -1.91. The number of rotatable bonds is 3. The predicted molar refractivity (Wildman–Crippen MR) is 97.4 cm³/mol. The van der Waals surface area contributed by atoms with Crippen molar-refractivity contribution in [3.63, 3.8) is 0 Å². The standard InChI is InChI=1S/C15H13N3.C5H8/c1-16-15-8-14-7-11(4-5-13(14)10-18-15)12-3-2-6-17-9-12;1-2-5-3-4-5/h2-10H,1H3,(H,16,18);2,5H,1,3-4H2. The van der Waals surface area contributed by atoms with Crippen molar-refractivity contribution >= 4 is 16.6 Å². The van der Waals surface area contributed by atoms with Crippen molar-refractivity contribution < 1.29 is 0 Å². The van der Waals surface area contributed by atoms with Gasteiger partial charge in [-0.1, -0.05) is 24.3 Å². The molecule has 0 amide bonds. The van der Waals surface area contributed by atoms with E-state index in [2.05, 4.69) is 52.2 Å². The van der Waals surface area contributed by atoms with Gasteiger partial charge >= 0.3 is 0 Å². The summed E-state index contributed by atoms with van der Waals surface area (Å²) in [6, 6.07) is 12.4. The van der Waals surface area contributed by atoms with Crippen LogP contribution in [0.1, 0.15) is 12.8 Å². The summed E-state index contributed by atoms with van der Waals surface area (Å²) in [6.45, 7) is 3.62. The van der Waals surface area contributed by atoms with Crippen LogP contribution >= 0.6 is 0 Å². The number of benzene rings is 1. The van der Waals surface area contributed by atoms with Crippen molar-refractivity contribution in [1.82, 2.24) is 9.97 Å². The van der Waals surface area contributed by atoms with Gasteiger partial charge in [0.15, 0.2) is 0 Å². The molecule has 3 heteroatoms. The molecule has 3 aromatic rings. The second-order valence-corrected chi connectivity index (χ2v) is 5.70. The van der Waals surface area contributed by atoms with Crippen molar-refractivity contribution in [2.75, 3.05) is 12.4 Å². The zero-order chi connectivity index (χ0) is 16.1. The SMILES string of the molecule is C=CC1CC1.CNc1cc2cc(-c3cccnc3)ccc2cn1. The molecule has 1 aliphatic carbocycles. The van der Waals surface area contributed by atoms with Crippen LogP contribution in [0.25, 0.3) is 21.9 Å². The smallest absolute Gasteiger partial charge is 0.126 e. The van der Waals surface area contributed by atoms with E-state index in [9.17, 15) is 0 Å². The largest absolute Gasteiger partial charge is 0.373 e. The van der Waals surface area contributed by atoms with Crippen LogP contribution in [0.3, 0.4) is 0 Å². The molecule has 0 saturated heterocycles. The molecule has 0 unspecified atom stereocenters. The monoisotopic (exact) mass is 303 g/mol. The Kier molecular flexibility index (Phi) is 4.67. The molecule has 0 spiro atoms. The third-order valence-corrected chi connectivity index (χ3v) is 3.93. The van der Waals surface area contributed by atoms with E-state index in [1.165, 1.54) is 23.8 Å². The van der Waals surface area contributed by atoms with Gasteiger partial charge in [-0.05, 0) is 47.9 Å². The van der Waals surface area contributed by atoms with Crippen molar-refractivity contribution in [3.8, 4) is 11.1 Å². The molecule has 2 heterocycles. The lowest BCUT2D eigenvalue weighted by Gasteiger charge is -2.05. The highest BCUT2D eigenvalue weighted by Crippen LogP contribution is 2.29. The van der Waals surface area contributed by atoms with Gasteiger partial charge in [0.1, 0.15) is 5.82 Å². The van der Waals surface area contributed by atoms with Crippen LogP contribution in [0.4, 0.5) is 5.82 Å². The van der Waals surface area contributed by atoms with Gasteiger partial charge in [0.25, 0.3) is 0 Å². The van der Waals surface area contributed by atoms with Crippen LogP contribution in [0.5, 0.6) is 0 Å². The van der Waals surface area contributed by atoms with Crippen LogP contribution in [0.15, 0.2) is 67.6 Å².